The van der Waals surface area contributed by atoms with E-state index in [1.807, 2.05) is 56.5 Å². The Morgan fingerprint density at radius 2 is 2.02 bits per heavy atom. The highest BCUT2D eigenvalue weighted by Crippen LogP contribution is 2.33. The zero-order chi connectivity index (χ0) is 35.4. The molecule has 1 amide bonds. The predicted octanol–water partition coefficient (Wildman–Crippen LogP) is 4.36. The molecule has 5 atom stereocenters. The number of sulfonamides is 1. The number of nitrogens with one attached hydrogen (secondary N) is 2. The molecule has 0 saturated carbocycles. The van der Waals surface area contributed by atoms with E-state index in [1.165, 1.54) is 34.0 Å². The molecule has 268 valence electrons. The molecule has 2 aliphatic rings. The van der Waals surface area contributed by atoms with Gasteiger partial charge >= 0.3 is 6.09 Å². The first-order valence-corrected chi connectivity index (χ1v) is 19.0. The molecule has 0 bridgehead atoms. The summed E-state index contributed by atoms with van der Waals surface area (Å²) in [6, 6.07) is 13.0. The normalized spacial score (nSPS) is 20.6. The molecular weight excluding hydrogens is 683 g/mol. The van der Waals surface area contributed by atoms with Crippen LogP contribution in [0.5, 0.6) is 5.88 Å². The van der Waals surface area contributed by atoms with Crippen LogP contribution in [0.15, 0.2) is 63.8 Å². The summed E-state index contributed by atoms with van der Waals surface area (Å²) < 4.78 is 46.6. The zero-order valence-electron chi connectivity index (χ0n) is 28.2. The molecule has 4 N–H and O–H groups in total. The lowest BCUT2D eigenvalue weighted by molar-refractivity contribution is -0.0907. The second kappa shape index (κ2) is 15.6. The van der Waals surface area contributed by atoms with E-state index in [-0.39, 0.29) is 55.0 Å². The zero-order valence-corrected chi connectivity index (χ0v) is 29.8. The largest absolute Gasteiger partial charge is 0.494 e. The highest BCUT2D eigenvalue weighted by atomic mass is 32.2. The molecule has 0 spiro atoms. The topological polar surface area (TPSA) is 176 Å². The second-order valence-corrected chi connectivity index (χ2v) is 16.1. The van der Waals surface area contributed by atoms with Crippen LogP contribution in [-0.4, -0.2) is 96.1 Å². The Kier molecular flexibility index (Phi) is 11.2. The molecule has 4 heterocycles. The number of aromatic amines is 1. The fraction of sp³-hybridized carbons (Fsp3) is 0.457. The molecule has 2 aliphatic heterocycles. The fourth-order valence-electron chi connectivity index (χ4n) is 6.36. The van der Waals surface area contributed by atoms with E-state index in [2.05, 4.69) is 20.3 Å². The summed E-state index contributed by atoms with van der Waals surface area (Å²) >= 11 is 1.52. The minimum Gasteiger partial charge on any atom is -0.494 e. The van der Waals surface area contributed by atoms with Gasteiger partial charge in [0.25, 0.3) is 0 Å². The molecule has 4 aromatic rings. The maximum atomic E-state index is 14.3. The van der Waals surface area contributed by atoms with E-state index in [9.17, 15) is 23.4 Å². The number of fused-ring (bicyclic) bond motifs is 2. The Balaban J connectivity index is 1.22. The van der Waals surface area contributed by atoms with E-state index >= 15 is 0 Å². The molecule has 15 heteroatoms. The summed E-state index contributed by atoms with van der Waals surface area (Å²) in [6.45, 7) is 6.58. The van der Waals surface area contributed by atoms with Gasteiger partial charge in [0.1, 0.15) is 6.10 Å². The Morgan fingerprint density at radius 3 is 2.76 bits per heavy atom. The van der Waals surface area contributed by atoms with Crippen LogP contribution < -0.4 is 5.32 Å². The van der Waals surface area contributed by atoms with Gasteiger partial charge in [-0.3, -0.25) is 4.99 Å². The van der Waals surface area contributed by atoms with E-state index < -0.39 is 34.4 Å². The standard InChI is InChI=1S/C35H43N5O8S2/c1-21(2)17-40(50(44,45)25-9-10-29-27(14-25)28(33(42)38-29)16-36-15-24-20-49-22(3)37-24)18-31(41)30(13-23-7-5-4-6-8-23)39-35(43)48-32-19-47-34-26(32)11-12-46-34/h4-10,14,16,20-21,26,30-32,34,38,41-42H,11-13,15,17-19H2,1-3H3,(H,39,43)/t26-,30-,31+,32-,34+/m0/s1. The van der Waals surface area contributed by atoms with Crippen molar-refractivity contribution < 1.29 is 37.6 Å². The summed E-state index contributed by atoms with van der Waals surface area (Å²) in [5.74, 6) is -0.272. The van der Waals surface area contributed by atoms with E-state index in [0.717, 1.165) is 22.7 Å². The molecule has 0 unspecified atom stereocenters. The number of ether oxygens (including phenoxy) is 3. The lowest BCUT2D eigenvalue weighted by Crippen LogP contribution is -2.51. The minimum atomic E-state index is -4.16. The van der Waals surface area contributed by atoms with Crippen molar-refractivity contribution in [2.24, 2.45) is 16.8 Å². The van der Waals surface area contributed by atoms with Crippen molar-refractivity contribution in [2.75, 3.05) is 26.3 Å². The van der Waals surface area contributed by atoms with E-state index in [4.69, 9.17) is 14.2 Å². The van der Waals surface area contributed by atoms with Crippen molar-refractivity contribution in [3.8, 4) is 5.88 Å². The smallest absolute Gasteiger partial charge is 0.407 e. The second-order valence-electron chi connectivity index (χ2n) is 13.1. The van der Waals surface area contributed by atoms with Crippen LogP contribution in [0.3, 0.4) is 0 Å². The summed E-state index contributed by atoms with van der Waals surface area (Å²) in [4.78, 5) is 24.9. The number of thiazole rings is 1. The first kappa shape index (κ1) is 35.9. The first-order valence-electron chi connectivity index (χ1n) is 16.7. The Morgan fingerprint density at radius 1 is 1.22 bits per heavy atom. The number of H-pyrrole nitrogens is 1. The number of amides is 1. The van der Waals surface area contributed by atoms with Crippen LogP contribution in [0.1, 0.15) is 42.1 Å². The number of hydrogen-bond donors (Lipinski definition) is 4. The average Bonchev–Trinajstić information content (AvgIpc) is 3.86. The molecule has 2 fully saturated rings. The summed E-state index contributed by atoms with van der Waals surface area (Å²) in [6.07, 6.45) is -0.429. The van der Waals surface area contributed by atoms with Crippen molar-refractivity contribution in [1.29, 1.82) is 0 Å². The molecular formula is C35H43N5O8S2. The Hall–Kier alpha value is -3.86. The van der Waals surface area contributed by atoms with Crippen molar-refractivity contribution in [3.05, 3.63) is 75.7 Å². The van der Waals surface area contributed by atoms with Crippen LogP contribution in [0.25, 0.3) is 10.9 Å². The number of aromatic hydroxyl groups is 1. The highest BCUT2D eigenvalue weighted by molar-refractivity contribution is 7.89. The number of aliphatic hydroxyl groups excluding tert-OH is 1. The third-order valence-corrected chi connectivity index (χ3v) is 11.5. The van der Waals surface area contributed by atoms with Gasteiger partial charge in [-0.15, -0.1) is 11.3 Å². The van der Waals surface area contributed by atoms with Crippen molar-refractivity contribution in [2.45, 2.75) is 69.6 Å². The van der Waals surface area contributed by atoms with Gasteiger partial charge in [0.2, 0.25) is 10.0 Å². The molecule has 0 aliphatic carbocycles. The van der Waals surface area contributed by atoms with Crippen LogP contribution >= 0.6 is 11.3 Å². The number of aryl methyl sites for hydroxylation is 1. The fourth-order valence-corrected chi connectivity index (χ4v) is 8.62. The van der Waals surface area contributed by atoms with Gasteiger partial charge in [0.15, 0.2) is 12.2 Å². The van der Waals surface area contributed by atoms with Crippen LogP contribution in [0.2, 0.25) is 0 Å². The van der Waals surface area contributed by atoms with Crippen LogP contribution in [0.4, 0.5) is 4.79 Å². The van der Waals surface area contributed by atoms with Crippen LogP contribution in [0, 0.1) is 18.8 Å². The maximum Gasteiger partial charge on any atom is 0.407 e. The average molecular weight is 726 g/mol. The number of carbonyl (C=O) groups is 1. The third kappa shape index (κ3) is 8.36. The van der Waals surface area contributed by atoms with Crippen molar-refractivity contribution in [1.82, 2.24) is 19.6 Å². The van der Waals surface area contributed by atoms with Gasteiger partial charge in [-0.1, -0.05) is 44.2 Å². The van der Waals surface area contributed by atoms with Gasteiger partial charge in [-0.2, -0.15) is 4.31 Å². The number of benzene rings is 2. The number of aliphatic hydroxyl groups is 1. The van der Waals surface area contributed by atoms with Gasteiger partial charge in [-0.25, -0.2) is 18.2 Å². The highest BCUT2D eigenvalue weighted by Gasteiger charge is 2.44. The number of aromatic nitrogens is 2. The van der Waals surface area contributed by atoms with Gasteiger partial charge < -0.3 is 34.7 Å². The van der Waals surface area contributed by atoms with Crippen molar-refractivity contribution in [3.63, 3.8) is 0 Å². The van der Waals surface area contributed by atoms with Gasteiger partial charge in [0, 0.05) is 35.6 Å². The monoisotopic (exact) mass is 725 g/mol. The molecule has 2 aromatic carbocycles. The van der Waals surface area contributed by atoms with Gasteiger partial charge in [-0.05, 0) is 49.4 Å². The first-order chi connectivity index (χ1) is 24.0. The SMILES string of the molecule is Cc1nc(CN=Cc2c(O)[nH]c3ccc(S(=O)(=O)N(CC(C)C)C[C@@H](O)[C@H](Cc4ccccc4)NC(=O)O[C@H]4CO[C@H]5OCC[C@H]54)cc23)cs1. The Labute approximate surface area is 295 Å². The summed E-state index contributed by atoms with van der Waals surface area (Å²) in [5, 5.41) is 28.4. The molecule has 13 nitrogen and oxygen atoms in total. The molecule has 0 radical (unpaired) electrons. The number of alkyl carbamates (subject to hydrolysis) is 1. The Bertz CT molecular complexity index is 1910. The quantitative estimate of drug-likeness (QED) is 0.138. The lowest BCUT2D eigenvalue weighted by Gasteiger charge is -2.31. The summed E-state index contributed by atoms with van der Waals surface area (Å²) in [7, 11) is -4.16. The number of carbonyl (C=O) groups excluding carboxylic acids is 1. The maximum absolute atomic E-state index is 14.3. The van der Waals surface area contributed by atoms with Gasteiger partial charge in [0.05, 0.1) is 59.0 Å². The number of nitrogens with zero attached hydrogens (tertiary/aromatic N) is 3. The van der Waals surface area contributed by atoms with Crippen molar-refractivity contribution >= 4 is 44.6 Å². The predicted molar refractivity (Wildman–Crippen MR) is 189 cm³/mol. The van der Waals surface area contributed by atoms with E-state index in [1.54, 1.807) is 6.07 Å². The number of rotatable bonds is 14. The molecule has 6 rings (SSSR count). The lowest BCUT2D eigenvalue weighted by atomic mass is 10.0. The minimum absolute atomic E-state index is 0.0109. The molecule has 2 saturated heterocycles. The van der Waals surface area contributed by atoms with Crippen LogP contribution in [-0.2, 0) is 37.2 Å². The van der Waals surface area contributed by atoms with E-state index in [0.29, 0.717) is 29.6 Å². The number of aliphatic imine (C=N–C) groups is 1. The third-order valence-electron chi connectivity index (χ3n) is 8.84. The molecule has 50 heavy (non-hydrogen) atoms. The number of hydrogen-bond acceptors (Lipinski definition) is 11. The summed E-state index contributed by atoms with van der Waals surface area (Å²) in [5.41, 5.74) is 2.54. The molecule has 2 aromatic heterocycles.